The molecule has 0 spiro atoms. The summed E-state index contributed by atoms with van der Waals surface area (Å²) in [7, 11) is 0. The van der Waals surface area contributed by atoms with Gasteiger partial charge in [-0.05, 0) is 64.2 Å². The second-order valence-corrected chi connectivity index (χ2v) is 11.6. The topological polar surface area (TPSA) is 97.2 Å². The van der Waals surface area contributed by atoms with Gasteiger partial charge in [0.15, 0.2) is 0 Å². The van der Waals surface area contributed by atoms with E-state index in [0.717, 1.165) is 12.0 Å². The van der Waals surface area contributed by atoms with Crippen molar-refractivity contribution in [2.75, 3.05) is 19.6 Å². The van der Waals surface area contributed by atoms with Crippen LogP contribution >= 0.6 is 0 Å². The predicted molar refractivity (Wildman–Crippen MR) is 131 cm³/mol. The first kappa shape index (κ1) is 25.5. The minimum Gasteiger partial charge on any atom is -0.444 e. The van der Waals surface area contributed by atoms with Crippen LogP contribution in [-0.4, -0.2) is 93.0 Å². The van der Waals surface area contributed by atoms with Gasteiger partial charge < -0.3 is 14.5 Å². The molecule has 1 aromatic rings. The van der Waals surface area contributed by atoms with E-state index in [-0.39, 0.29) is 42.3 Å². The van der Waals surface area contributed by atoms with E-state index >= 15 is 0 Å². The Labute approximate surface area is 216 Å². The van der Waals surface area contributed by atoms with Crippen molar-refractivity contribution in [2.45, 2.75) is 88.8 Å². The zero-order valence-corrected chi connectivity index (χ0v) is 21.6. The highest BCUT2D eigenvalue weighted by atomic mass is 19.1. The number of hydrogen-bond acceptors (Lipinski definition) is 6. The Kier molecular flexibility index (Phi) is 6.61. The molecule has 37 heavy (non-hydrogen) atoms. The maximum Gasteiger partial charge on any atom is 0.411 e. The third-order valence-corrected chi connectivity index (χ3v) is 7.91. The van der Waals surface area contributed by atoms with Gasteiger partial charge in [0.1, 0.15) is 23.5 Å². The Morgan fingerprint density at radius 1 is 1.16 bits per heavy atom. The molecular weight excluding hydrogens is 477 g/mol. The van der Waals surface area contributed by atoms with Gasteiger partial charge in [0.2, 0.25) is 11.8 Å². The summed E-state index contributed by atoms with van der Waals surface area (Å²) in [6.07, 6.45) is 1.92. The van der Waals surface area contributed by atoms with Gasteiger partial charge in [0.25, 0.3) is 0 Å². The third kappa shape index (κ3) is 4.89. The summed E-state index contributed by atoms with van der Waals surface area (Å²) < 4.78 is 19.3. The van der Waals surface area contributed by atoms with E-state index in [0.29, 0.717) is 38.9 Å². The van der Waals surface area contributed by atoms with Crippen LogP contribution in [0.1, 0.15) is 52.0 Å². The van der Waals surface area contributed by atoms with E-state index in [1.165, 1.54) is 17.0 Å². The molecule has 198 valence electrons. The van der Waals surface area contributed by atoms with Crippen molar-refractivity contribution in [3.8, 4) is 6.07 Å². The largest absolute Gasteiger partial charge is 0.444 e. The monoisotopic (exact) mass is 511 g/mol. The summed E-state index contributed by atoms with van der Waals surface area (Å²) in [4.78, 5) is 47.1. The summed E-state index contributed by atoms with van der Waals surface area (Å²) >= 11 is 0. The quantitative estimate of drug-likeness (QED) is 0.616. The molecular formula is C27H34FN5O4. The van der Waals surface area contributed by atoms with Crippen molar-refractivity contribution in [3.63, 3.8) is 0 Å². The second kappa shape index (κ2) is 9.60. The lowest BCUT2D eigenvalue weighted by Gasteiger charge is -2.37. The van der Waals surface area contributed by atoms with Crippen molar-refractivity contribution < 1.29 is 23.5 Å². The number of nitrogens with zero attached hydrogens (tertiary/aromatic N) is 5. The molecule has 4 fully saturated rings. The molecule has 10 heteroatoms. The molecule has 0 unspecified atom stereocenters. The SMILES string of the molecule is CC(C)(C)OC(=O)N1C[C@@H](N2C[C@@H]3C[C@H]2C(=O)N3Cc2cccc(F)c2)C[C@@H]1C(=O)N1CCC[C@H]1C#N. The number of hydrogen-bond donors (Lipinski definition) is 0. The zero-order chi connectivity index (χ0) is 26.5. The lowest BCUT2D eigenvalue weighted by atomic mass is 10.1. The molecule has 9 nitrogen and oxygen atoms in total. The first-order valence-corrected chi connectivity index (χ1v) is 13.1. The van der Waals surface area contributed by atoms with Gasteiger partial charge in [-0.2, -0.15) is 5.26 Å². The molecule has 0 aliphatic carbocycles. The fourth-order valence-corrected chi connectivity index (χ4v) is 6.29. The Morgan fingerprint density at radius 2 is 1.95 bits per heavy atom. The fraction of sp³-hybridized carbons (Fsp3) is 0.630. The van der Waals surface area contributed by atoms with Crippen LogP contribution in [0.4, 0.5) is 9.18 Å². The molecule has 0 N–H and O–H groups in total. The van der Waals surface area contributed by atoms with E-state index < -0.39 is 23.8 Å². The smallest absolute Gasteiger partial charge is 0.411 e. The normalized spacial score (nSPS) is 29.8. The Bertz CT molecular complexity index is 1130. The molecule has 5 rings (SSSR count). The Morgan fingerprint density at radius 3 is 2.62 bits per heavy atom. The van der Waals surface area contributed by atoms with Gasteiger partial charge >= 0.3 is 6.09 Å². The highest BCUT2D eigenvalue weighted by molar-refractivity contribution is 5.88. The number of benzene rings is 1. The van der Waals surface area contributed by atoms with Crippen LogP contribution in [0.2, 0.25) is 0 Å². The number of amides is 3. The molecule has 4 aliphatic heterocycles. The number of likely N-dealkylation sites (tertiary alicyclic amines) is 4. The molecule has 0 radical (unpaired) electrons. The summed E-state index contributed by atoms with van der Waals surface area (Å²) in [6, 6.07) is 6.82. The van der Waals surface area contributed by atoms with Gasteiger partial charge in [0, 0.05) is 38.3 Å². The van der Waals surface area contributed by atoms with Gasteiger partial charge in [0.05, 0.1) is 12.1 Å². The number of carbonyl (C=O) groups excluding carboxylic acids is 3. The van der Waals surface area contributed by atoms with E-state index in [1.807, 2.05) is 11.0 Å². The number of nitriles is 1. The Balaban J connectivity index is 1.32. The Hall–Kier alpha value is -3.19. The number of rotatable bonds is 4. The highest BCUT2D eigenvalue weighted by Gasteiger charge is 2.55. The number of ether oxygens (including phenoxy) is 1. The van der Waals surface area contributed by atoms with E-state index in [1.54, 1.807) is 31.7 Å². The summed E-state index contributed by atoms with van der Waals surface area (Å²) in [5, 5.41) is 9.51. The van der Waals surface area contributed by atoms with Crippen LogP contribution in [0.15, 0.2) is 24.3 Å². The maximum absolute atomic E-state index is 13.7. The lowest BCUT2D eigenvalue weighted by Crippen LogP contribution is -2.54. The fourth-order valence-electron chi connectivity index (χ4n) is 6.29. The van der Waals surface area contributed by atoms with Crippen LogP contribution in [0.3, 0.4) is 0 Å². The van der Waals surface area contributed by atoms with Gasteiger partial charge in [-0.3, -0.25) is 19.4 Å². The summed E-state index contributed by atoms with van der Waals surface area (Å²) in [5.74, 6) is -0.541. The average molecular weight is 512 g/mol. The van der Waals surface area contributed by atoms with Crippen LogP contribution in [0.25, 0.3) is 0 Å². The van der Waals surface area contributed by atoms with Crippen molar-refractivity contribution in [2.24, 2.45) is 0 Å². The summed E-state index contributed by atoms with van der Waals surface area (Å²) in [6.45, 7) is 7.15. The number of fused-ring (bicyclic) bond motifs is 2. The predicted octanol–water partition coefficient (Wildman–Crippen LogP) is 2.50. The molecule has 0 aromatic heterocycles. The molecule has 4 saturated heterocycles. The standard InChI is InChI=1S/C27H34FN5O4/c1-27(2,3)37-26(36)33-16-20(11-23(33)24(34)30-9-5-8-19(30)13-29)31-15-21-12-22(31)25(35)32(21)14-17-6-4-7-18(28)10-17/h4,6-7,10,19-23H,5,8-9,11-12,14-16H2,1-3H3/t19-,20-,21-,22-,23+/m0/s1. The molecule has 4 aliphatic rings. The van der Waals surface area contributed by atoms with E-state index in [9.17, 15) is 24.0 Å². The van der Waals surface area contributed by atoms with Gasteiger partial charge in [-0.25, -0.2) is 9.18 Å². The second-order valence-electron chi connectivity index (χ2n) is 11.6. The molecule has 2 bridgehead atoms. The average Bonchev–Trinajstić information content (AvgIpc) is 3.61. The zero-order valence-electron chi connectivity index (χ0n) is 21.6. The minimum absolute atomic E-state index is 0.00296. The van der Waals surface area contributed by atoms with Gasteiger partial charge in [-0.1, -0.05) is 12.1 Å². The minimum atomic E-state index is -0.730. The van der Waals surface area contributed by atoms with Crippen molar-refractivity contribution in [1.29, 1.82) is 5.26 Å². The van der Waals surface area contributed by atoms with Crippen LogP contribution in [-0.2, 0) is 20.9 Å². The van der Waals surface area contributed by atoms with Crippen molar-refractivity contribution in [1.82, 2.24) is 19.6 Å². The van der Waals surface area contributed by atoms with Crippen LogP contribution in [0.5, 0.6) is 0 Å². The van der Waals surface area contributed by atoms with Gasteiger partial charge in [-0.15, -0.1) is 0 Å². The van der Waals surface area contributed by atoms with E-state index in [4.69, 9.17) is 4.74 Å². The van der Waals surface area contributed by atoms with Crippen LogP contribution < -0.4 is 0 Å². The third-order valence-electron chi connectivity index (χ3n) is 7.91. The number of carbonyl (C=O) groups is 3. The number of halogens is 1. The molecule has 3 amide bonds. The van der Waals surface area contributed by atoms with Crippen LogP contribution in [0, 0.1) is 17.1 Å². The first-order valence-electron chi connectivity index (χ1n) is 13.1. The molecule has 0 saturated carbocycles. The van der Waals surface area contributed by atoms with E-state index in [2.05, 4.69) is 11.0 Å². The van der Waals surface area contributed by atoms with Crippen molar-refractivity contribution >= 4 is 17.9 Å². The first-order chi connectivity index (χ1) is 17.6. The highest BCUT2D eigenvalue weighted by Crippen LogP contribution is 2.38. The van der Waals surface area contributed by atoms with Crippen molar-refractivity contribution in [3.05, 3.63) is 35.6 Å². The molecule has 1 aromatic carbocycles. The molecule has 5 atom stereocenters. The maximum atomic E-state index is 13.7. The number of piperazine rings is 1. The molecule has 4 heterocycles. The lowest BCUT2D eigenvalue weighted by molar-refractivity contribution is -0.138. The summed E-state index contributed by atoms with van der Waals surface area (Å²) in [5.41, 5.74) is 0.0406.